The lowest BCUT2D eigenvalue weighted by Gasteiger charge is -2.35. The van der Waals surface area contributed by atoms with Crippen LogP contribution in [0.3, 0.4) is 0 Å². The van der Waals surface area contributed by atoms with E-state index in [1.807, 2.05) is 0 Å². The molecule has 0 saturated heterocycles. The predicted octanol–water partition coefficient (Wildman–Crippen LogP) is 2.76. The average molecular weight is 291 g/mol. The van der Waals surface area contributed by atoms with Crippen LogP contribution in [-0.2, 0) is 0 Å². The van der Waals surface area contributed by atoms with Crippen LogP contribution < -0.4 is 5.32 Å². The van der Waals surface area contributed by atoms with Gasteiger partial charge in [-0.3, -0.25) is 4.79 Å². The molecule has 0 aromatic heterocycles. The monoisotopic (exact) mass is 291 g/mol. The molecule has 0 atom stereocenters. The van der Waals surface area contributed by atoms with Crippen LogP contribution in [0.2, 0.25) is 0 Å². The molecule has 1 aliphatic rings. The van der Waals surface area contributed by atoms with Crippen molar-refractivity contribution in [3.05, 3.63) is 29.3 Å². The van der Waals surface area contributed by atoms with Gasteiger partial charge >= 0.3 is 0 Å². The lowest BCUT2D eigenvalue weighted by Crippen LogP contribution is -2.45. The first-order chi connectivity index (χ1) is 9.93. The van der Waals surface area contributed by atoms with Crippen LogP contribution in [0.1, 0.15) is 54.9 Å². The summed E-state index contributed by atoms with van der Waals surface area (Å²) in [7, 11) is 0. The van der Waals surface area contributed by atoms with E-state index in [0.29, 0.717) is 23.6 Å². The molecule has 1 aliphatic carbocycles. The Morgan fingerprint density at radius 3 is 2.62 bits per heavy atom. The van der Waals surface area contributed by atoms with Crippen molar-refractivity contribution in [1.82, 2.24) is 5.32 Å². The number of hydrogen-bond donors (Lipinski definition) is 3. The maximum atomic E-state index is 12.1. The second kappa shape index (κ2) is 6.48. The normalized spacial score (nSPS) is 25.6. The Hall–Kier alpha value is -1.55. The van der Waals surface area contributed by atoms with E-state index < -0.39 is 5.60 Å². The fourth-order valence-corrected chi connectivity index (χ4v) is 2.94. The van der Waals surface area contributed by atoms with Crippen LogP contribution in [0.15, 0.2) is 18.2 Å². The van der Waals surface area contributed by atoms with Gasteiger partial charge in [-0.2, -0.15) is 0 Å². The van der Waals surface area contributed by atoms with Gasteiger partial charge in [0, 0.05) is 12.1 Å². The zero-order chi connectivity index (χ0) is 15.5. The van der Waals surface area contributed by atoms with Crippen LogP contribution in [0.5, 0.6) is 5.75 Å². The number of rotatable bonds is 4. The van der Waals surface area contributed by atoms with Gasteiger partial charge in [-0.25, -0.2) is 0 Å². The van der Waals surface area contributed by atoms with E-state index in [9.17, 15) is 15.0 Å². The number of aliphatic hydroxyl groups is 1. The molecule has 1 saturated carbocycles. The summed E-state index contributed by atoms with van der Waals surface area (Å²) in [4.78, 5) is 12.1. The second-order valence-corrected chi connectivity index (χ2v) is 6.26. The summed E-state index contributed by atoms with van der Waals surface area (Å²) in [5.74, 6) is 0.688. The maximum absolute atomic E-state index is 12.1. The highest BCUT2D eigenvalue weighted by molar-refractivity contribution is 5.94. The molecular formula is C17H25NO3. The van der Waals surface area contributed by atoms with Crippen LogP contribution in [0.25, 0.3) is 0 Å². The summed E-state index contributed by atoms with van der Waals surface area (Å²) < 4.78 is 0. The fraction of sp³-hybridized carbons (Fsp3) is 0.588. The Morgan fingerprint density at radius 1 is 1.38 bits per heavy atom. The quantitative estimate of drug-likeness (QED) is 0.799. The Morgan fingerprint density at radius 2 is 2.05 bits per heavy atom. The smallest absolute Gasteiger partial charge is 0.251 e. The minimum Gasteiger partial charge on any atom is -0.508 e. The highest BCUT2D eigenvalue weighted by Gasteiger charge is 2.32. The Bertz CT molecular complexity index is 505. The molecule has 4 heteroatoms. The van der Waals surface area contributed by atoms with Gasteiger partial charge in [0.2, 0.25) is 0 Å². The summed E-state index contributed by atoms with van der Waals surface area (Å²) >= 11 is 0. The number of hydrogen-bond acceptors (Lipinski definition) is 3. The summed E-state index contributed by atoms with van der Waals surface area (Å²) in [6, 6.07) is 4.77. The Kier molecular flexibility index (Phi) is 4.88. The van der Waals surface area contributed by atoms with Crippen LogP contribution >= 0.6 is 0 Å². The van der Waals surface area contributed by atoms with Gasteiger partial charge < -0.3 is 15.5 Å². The third-order valence-corrected chi connectivity index (χ3v) is 4.65. The van der Waals surface area contributed by atoms with Gasteiger partial charge in [0.05, 0.1) is 5.60 Å². The molecule has 0 spiro atoms. The first kappa shape index (κ1) is 15.8. The van der Waals surface area contributed by atoms with Gasteiger partial charge in [-0.15, -0.1) is 0 Å². The highest BCUT2D eigenvalue weighted by atomic mass is 16.3. The Labute approximate surface area is 126 Å². The number of phenolic OH excluding ortho intramolecular Hbond substituents is 1. The van der Waals surface area contributed by atoms with Gasteiger partial charge in [-0.1, -0.05) is 13.3 Å². The molecule has 0 radical (unpaired) electrons. The predicted molar refractivity (Wildman–Crippen MR) is 82.4 cm³/mol. The largest absolute Gasteiger partial charge is 0.508 e. The number of aromatic hydroxyl groups is 1. The van der Waals surface area contributed by atoms with Crippen molar-refractivity contribution < 1.29 is 15.0 Å². The molecule has 1 aromatic rings. The lowest BCUT2D eigenvalue weighted by molar-refractivity contribution is -0.00786. The zero-order valence-electron chi connectivity index (χ0n) is 12.9. The first-order valence-corrected chi connectivity index (χ1v) is 7.74. The van der Waals surface area contributed by atoms with Crippen molar-refractivity contribution in [2.45, 2.75) is 51.6 Å². The third-order valence-electron chi connectivity index (χ3n) is 4.65. The van der Waals surface area contributed by atoms with Gasteiger partial charge in [-0.05, 0) is 62.3 Å². The summed E-state index contributed by atoms with van der Waals surface area (Å²) in [6.07, 6.45) is 4.72. The van der Waals surface area contributed by atoms with Crippen LogP contribution in [0.4, 0.5) is 0 Å². The van der Waals surface area contributed by atoms with E-state index in [-0.39, 0.29) is 11.7 Å². The molecule has 1 amide bonds. The second-order valence-electron chi connectivity index (χ2n) is 6.26. The van der Waals surface area contributed by atoms with Crippen LogP contribution in [0, 0.1) is 12.8 Å². The maximum Gasteiger partial charge on any atom is 0.251 e. The van der Waals surface area contributed by atoms with Gasteiger partial charge in [0.1, 0.15) is 5.75 Å². The van der Waals surface area contributed by atoms with E-state index >= 15 is 0 Å². The molecule has 116 valence electrons. The molecule has 0 heterocycles. The first-order valence-electron chi connectivity index (χ1n) is 7.74. The number of nitrogens with one attached hydrogen (secondary N) is 1. The topological polar surface area (TPSA) is 69.6 Å². The van der Waals surface area contributed by atoms with E-state index in [0.717, 1.165) is 32.1 Å². The van der Waals surface area contributed by atoms with Crippen LogP contribution in [-0.4, -0.2) is 28.3 Å². The molecule has 1 aromatic carbocycles. The number of carbonyl (C=O) groups is 1. The average Bonchev–Trinajstić information content (AvgIpc) is 2.48. The molecule has 21 heavy (non-hydrogen) atoms. The minimum absolute atomic E-state index is 0.183. The molecule has 0 bridgehead atoms. The SMILES string of the molecule is CCC1CCC(O)(CNC(=O)c2ccc(O)c(C)c2)CC1. The Balaban J connectivity index is 1.90. The van der Waals surface area contributed by atoms with E-state index in [1.165, 1.54) is 6.07 Å². The van der Waals surface area contributed by atoms with E-state index in [2.05, 4.69) is 12.2 Å². The molecule has 0 aliphatic heterocycles. The lowest BCUT2D eigenvalue weighted by atomic mass is 9.78. The molecule has 1 fully saturated rings. The minimum atomic E-state index is -0.771. The molecule has 0 unspecified atom stereocenters. The summed E-state index contributed by atoms with van der Waals surface area (Å²) in [5.41, 5.74) is 0.411. The molecule has 2 rings (SSSR count). The highest BCUT2D eigenvalue weighted by Crippen LogP contribution is 2.33. The van der Waals surface area contributed by atoms with Gasteiger partial charge in [0.25, 0.3) is 5.91 Å². The summed E-state index contributed by atoms with van der Waals surface area (Å²) in [5, 5.41) is 22.8. The number of phenols is 1. The number of amides is 1. The zero-order valence-corrected chi connectivity index (χ0v) is 12.9. The third kappa shape index (κ3) is 3.97. The van der Waals surface area contributed by atoms with Crippen molar-refractivity contribution in [3.63, 3.8) is 0 Å². The fourth-order valence-electron chi connectivity index (χ4n) is 2.94. The van der Waals surface area contributed by atoms with Gasteiger partial charge in [0.15, 0.2) is 0 Å². The van der Waals surface area contributed by atoms with Crippen molar-refractivity contribution in [1.29, 1.82) is 0 Å². The number of aryl methyl sites for hydroxylation is 1. The number of carbonyl (C=O) groups excluding carboxylic acids is 1. The van der Waals surface area contributed by atoms with Crippen molar-refractivity contribution in [3.8, 4) is 5.75 Å². The van der Waals surface area contributed by atoms with Crippen molar-refractivity contribution >= 4 is 5.91 Å². The standard InChI is InChI=1S/C17H25NO3/c1-3-13-6-8-17(21,9-7-13)11-18-16(20)14-4-5-15(19)12(2)10-14/h4-5,10,13,19,21H,3,6-9,11H2,1-2H3,(H,18,20). The molecule has 4 nitrogen and oxygen atoms in total. The summed E-state index contributed by atoms with van der Waals surface area (Å²) in [6.45, 7) is 4.23. The van der Waals surface area contributed by atoms with Crippen molar-refractivity contribution in [2.75, 3.05) is 6.54 Å². The molecule has 3 N–H and O–H groups in total. The van der Waals surface area contributed by atoms with E-state index in [4.69, 9.17) is 0 Å². The number of benzene rings is 1. The van der Waals surface area contributed by atoms with E-state index in [1.54, 1.807) is 19.1 Å². The van der Waals surface area contributed by atoms with Crippen molar-refractivity contribution in [2.24, 2.45) is 5.92 Å². The molecular weight excluding hydrogens is 266 g/mol.